The number of amides is 1. The first kappa shape index (κ1) is 24.9. The van der Waals surface area contributed by atoms with Crippen molar-refractivity contribution in [3.63, 3.8) is 0 Å². The fourth-order valence-corrected chi connectivity index (χ4v) is 2.75. The SMILES string of the molecule is CCCCC(C(=O)O)N(C)C(=N)NC(=O)OC(C)OC(=O)CCCc1ccccc1. The van der Waals surface area contributed by atoms with E-state index in [4.69, 9.17) is 14.9 Å². The maximum atomic E-state index is 11.9. The van der Waals surface area contributed by atoms with Gasteiger partial charge in [-0.15, -0.1) is 0 Å². The second kappa shape index (κ2) is 13.2. The first-order chi connectivity index (χ1) is 14.2. The molecule has 0 aliphatic heterocycles. The van der Waals surface area contributed by atoms with Crippen LogP contribution in [0.2, 0.25) is 0 Å². The van der Waals surface area contributed by atoms with Crippen LogP contribution in [0.25, 0.3) is 0 Å². The lowest BCUT2D eigenvalue weighted by molar-refractivity contribution is -0.164. The third kappa shape index (κ3) is 9.40. The fraction of sp³-hybridized carbons (Fsp3) is 0.524. The van der Waals surface area contributed by atoms with Crippen LogP contribution >= 0.6 is 0 Å². The van der Waals surface area contributed by atoms with E-state index in [1.165, 1.54) is 14.0 Å². The maximum Gasteiger partial charge on any atom is 0.417 e. The van der Waals surface area contributed by atoms with Crippen LogP contribution in [0.5, 0.6) is 0 Å². The Bertz CT molecular complexity index is 710. The van der Waals surface area contributed by atoms with Gasteiger partial charge >= 0.3 is 18.0 Å². The number of aryl methyl sites for hydroxylation is 1. The van der Waals surface area contributed by atoms with Gasteiger partial charge in [-0.3, -0.25) is 15.5 Å². The number of carboxylic acids is 1. The number of guanidine groups is 1. The van der Waals surface area contributed by atoms with Crippen LogP contribution in [0, 0.1) is 5.41 Å². The van der Waals surface area contributed by atoms with Crippen LogP contribution in [0.4, 0.5) is 4.79 Å². The van der Waals surface area contributed by atoms with Crippen molar-refractivity contribution in [2.24, 2.45) is 0 Å². The van der Waals surface area contributed by atoms with E-state index in [9.17, 15) is 19.5 Å². The molecule has 0 spiro atoms. The van der Waals surface area contributed by atoms with Gasteiger partial charge in [-0.1, -0.05) is 50.1 Å². The lowest BCUT2D eigenvalue weighted by Gasteiger charge is -2.27. The Hall–Kier alpha value is -3.10. The molecule has 0 aromatic heterocycles. The van der Waals surface area contributed by atoms with Crippen molar-refractivity contribution in [1.82, 2.24) is 10.2 Å². The number of nitrogens with one attached hydrogen (secondary N) is 2. The Labute approximate surface area is 176 Å². The average molecular weight is 421 g/mol. The van der Waals surface area contributed by atoms with Crippen LogP contribution in [0.1, 0.15) is 51.5 Å². The summed E-state index contributed by atoms with van der Waals surface area (Å²) in [7, 11) is 1.41. The number of benzene rings is 1. The van der Waals surface area contributed by atoms with E-state index in [2.05, 4.69) is 5.32 Å². The van der Waals surface area contributed by atoms with E-state index in [0.717, 1.165) is 23.3 Å². The van der Waals surface area contributed by atoms with Gasteiger partial charge in [0.25, 0.3) is 0 Å². The molecule has 30 heavy (non-hydrogen) atoms. The Balaban J connectivity index is 2.37. The van der Waals surface area contributed by atoms with Gasteiger partial charge in [0.2, 0.25) is 12.2 Å². The van der Waals surface area contributed by atoms with E-state index in [1.807, 2.05) is 37.3 Å². The molecule has 0 saturated carbocycles. The average Bonchev–Trinajstić information content (AvgIpc) is 2.68. The minimum absolute atomic E-state index is 0.181. The summed E-state index contributed by atoms with van der Waals surface area (Å²) in [6.07, 6.45) is 1.21. The number of hydrogen-bond acceptors (Lipinski definition) is 6. The highest BCUT2D eigenvalue weighted by molar-refractivity contribution is 5.94. The summed E-state index contributed by atoms with van der Waals surface area (Å²) in [4.78, 5) is 36.3. The summed E-state index contributed by atoms with van der Waals surface area (Å²) in [5, 5.41) is 19.3. The first-order valence-electron chi connectivity index (χ1n) is 9.99. The van der Waals surface area contributed by atoms with Crippen molar-refractivity contribution in [2.45, 2.75) is 64.7 Å². The number of hydrogen-bond donors (Lipinski definition) is 3. The normalized spacial score (nSPS) is 12.4. The van der Waals surface area contributed by atoms with Gasteiger partial charge in [-0.2, -0.15) is 0 Å². The number of esters is 1. The van der Waals surface area contributed by atoms with Crippen molar-refractivity contribution < 1.29 is 29.0 Å². The Morgan fingerprint density at radius 1 is 1.17 bits per heavy atom. The molecule has 0 heterocycles. The quantitative estimate of drug-likeness (QED) is 0.217. The molecule has 1 aromatic carbocycles. The van der Waals surface area contributed by atoms with Gasteiger partial charge < -0.3 is 19.5 Å². The first-order valence-corrected chi connectivity index (χ1v) is 9.99. The molecule has 3 N–H and O–H groups in total. The van der Waals surface area contributed by atoms with E-state index in [-0.39, 0.29) is 6.42 Å². The highest BCUT2D eigenvalue weighted by atomic mass is 16.7. The molecular formula is C21H31N3O6. The maximum absolute atomic E-state index is 11.9. The lowest BCUT2D eigenvalue weighted by Crippen LogP contribution is -2.49. The van der Waals surface area contributed by atoms with Gasteiger partial charge in [0, 0.05) is 20.4 Å². The van der Waals surface area contributed by atoms with E-state index in [1.54, 1.807) is 0 Å². The smallest absolute Gasteiger partial charge is 0.417 e. The molecule has 0 bridgehead atoms. The van der Waals surface area contributed by atoms with E-state index < -0.39 is 36.3 Å². The summed E-state index contributed by atoms with van der Waals surface area (Å²) in [6, 6.07) is 8.80. The molecule has 0 fully saturated rings. The van der Waals surface area contributed by atoms with E-state index in [0.29, 0.717) is 19.3 Å². The molecule has 166 valence electrons. The third-order valence-electron chi connectivity index (χ3n) is 4.42. The third-order valence-corrected chi connectivity index (χ3v) is 4.42. The molecule has 0 aliphatic rings. The van der Waals surface area contributed by atoms with Gasteiger partial charge in [0.05, 0.1) is 0 Å². The number of aliphatic carboxylic acids is 1. The fourth-order valence-electron chi connectivity index (χ4n) is 2.75. The van der Waals surface area contributed by atoms with Crippen molar-refractivity contribution >= 4 is 24.0 Å². The largest absolute Gasteiger partial charge is 0.480 e. The molecule has 2 unspecified atom stereocenters. The predicted molar refractivity (Wildman–Crippen MR) is 111 cm³/mol. The number of rotatable bonds is 11. The minimum Gasteiger partial charge on any atom is -0.480 e. The predicted octanol–water partition coefficient (Wildman–Crippen LogP) is 3.13. The molecule has 1 aromatic rings. The molecular weight excluding hydrogens is 390 g/mol. The van der Waals surface area contributed by atoms with Crippen LogP contribution in [0.15, 0.2) is 30.3 Å². The number of unbranched alkanes of at least 4 members (excludes halogenated alkanes) is 1. The number of ether oxygens (including phenoxy) is 2. The number of nitrogens with zero attached hydrogens (tertiary/aromatic N) is 1. The zero-order chi connectivity index (χ0) is 22.5. The number of carbonyl (C=O) groups is 3. The van der Waals surface area contributed by atoms with Crippen molar-refractivity contribution in [3.8, 4) is 0 Å². The number of carbonyl (C=O) groups excluding carboxylic acids is 2. The molecule has 1 amide bonds. The van der Waals surface area contributed by atoms with Crippen molar-refractivity contribution in [2.75, 3.05) is 7.05 Å². The van der Waals surface area contributed by atoms with Gasteiger partial charge in [-0.25, -0.2) is 9.59 Å². The van der Waals surface area contributed by atoms with Gasteiger partial charge in [0.1, 0.15) is 6.04 Å². The topological polar surface area (TPSA) is 129 Å². The molecule has 0 saturated heterocycles. The number of carboxylic acid groups (broad SMARTS) is 1. The Kier molecular flexibility index (Phi) is 11.0. The highest BCUT2D eigenvalue weighted by Crippen LogP contribution is 2.09. The van der Waals surface area contributed by atoms with Gasteiger partial charge in [-0.05, 0) is 24.8 Å². The zero-order valence-electron chi connectivity index (χ0n) is 17.7. The van der Waals surface area contributed by atoms with Gasteiger partial charge in [0.15, 0.2) is 0 Å². The summed E-state index contributed by atoms with van der Waals surface area (Å²) in [5.41, 5.74) is 1.12. The zero-order valence-corrected chi connectivity index (χ0v) is 17.7. The van der Waals surface area contributed by atoms with Crippen LogP contribution < -0.4 is 5.32 Å². The molecule has 9 nitrogen and oxygen atoms in total. The standard InChI is InChI=1S/C21H31N3O6/c1-4-5-13-17(19(26)27)24(3)20(22)23-21(28)30-15(2)29-18(25)14-9-12-16-10-7-6-8-11-16/h6-8,10-11,15,17H,4-5,9,12-14H2,1-3H3,(H,26,27)(H2,22,23,28). The second-order valence-electron chi connectivity index (χ2n) is 6.88. The molecule has 0 aliphatic carbocycles. The van der Waals surface area contributed by atoms with Crippen LogP contribution in [-0.2, 0) is 25.5 Å². The molecule has 1 rings (SSSR count). The minimum atomic E-state index is -1.14. The lowest BCUT2D eigenvalue weighted by atomic mass is 10.1. The number of alkyl carbamates (subject to hydrolysis) is 1. The summed E-state index contributed by atoms with van der Waals surface area (Å²) >= 11 is 0. The van der Waals surface area contributed by atoms with Crippen LogP contribution in [-0.4, -0.2) is 53.4 Å². The summed E-state index contributed by atoms with van der Waals surface area (Å²) < 4.78 is 9.96. The van der Waals surface area contributed by atoms with Crippen molar-refractivity contribution in [1.29, 1.82) is 5.41 Å². The van der Waals surface area contributed by atoms with E-state index >= 15 is 0 Å². The molecule has 9 heteroatoms. The summed E-state index contributed by atoms with van der Waals surface area (Å²) in [5.74, 6) is -1.99. The van der Waals surface area contributed by atoms with Crippen molar-refractivity contribution in [3.05, 3.63) is 35.9 Å². The summed E-state index contributed by atoms with van der Waals surface area (Å²) in [6.45, 7) is 3.33. The molecule has 0 radical (unpaired) electrons. The number of likely N-dealkylation sites (N-methyl/N-ethyl adjacent to an activating group) is 1. The molecule has 2 atom stereocenters. The monoisotopic (exact) mass is 421 g/mol. The highest BCUT2D eigenvalue weighted by Gasteiger charge is 2.25. The second-order valence-corrected chi connectivity index (χ2v) is 6.88. The Morgan fingerprint density at radius 2 is 1.83 bits per heavy atom. The Morgan fingerprint density at radius 3 is 2.43 bits per heavy atom. The van der Waals surface area contributed by atoms with Crippen LogP contribution in [0.3, 0.4) is 0 Å².